The maximum atomic E-state index is 12.8. The van der Waals surface area contributed by atoms with Gasteiger partial charge in [-0.3, -0.25) is 4.79 Å². The van der Waals surface area contributed by atoms with Gasteiger partial charge in [-0.2, -0.15) is 5.10 Å². The van der Waals surface area contributed by atoms with E-state index in [4.69, 9.17) is 9.15 Å². The van der Waals surface area contributed by atoms with Crippen molar-refractivity contribution in [2.75, 3.05) is 7.11 Å². The van der Waals surface area contributed by atoms with Gasteiger partial charge in [0.15, 0.2) is 0 Å². The van der Waals surface area contributed by atoms with Crippen LogP contribution in [0.3, 0.4) is 0 Å². The molecule has 0 atom stereocenters. The first kappa shape index (κ1) is 17.8. The first-order valence-corrected chi connectivity index (χ1v) is 8.67. The number of aryl methyl sites for hydroxylation is 1. The molecular formula is C20H23N3O3. The molecule has 6 nitrogen and oxygen atoms in total. The van der Waals surface area contributed by atoms with Crippen molar-refractivity contribution in [3.63, 3.8) is 0 Å². The summed E-state index contributed by atoms with van der Waals surface area (Å²) in [7, 11) is 1.63. The van der Waals surface area contributed by atoms with Gasteiger partial charge in [0.1, 0.15) is 11.5 Å². The van der Waals surface area contributed by atoms with Crippen molar-refractivity contribution in [1.82, 2.24) is 15.1 Å². The summed E-state index contributed by atoms with van der Waals surface area (Å²) in [6.45, 7) is 4.34. The van der Waals surface area contributed by atoms with Gasteiger partial charge in [0.05, 0.1) is 42.6 Å². The average molecular weight is 353 g/mol. The summed E-state index contributed by atoms with van der Waals surface area (Å²) in [5, 5.41) is 7.60. The fraction of sp³-hybridized carbons (Fsp3) is 0.300. The Morgan fingerprint density at radius 2 is 2.04 bits per heavy atom. The lowest BCUT2D eigenvalue weighted by Gasteiger charge is -2.07. The number of carbonyl (C=O) groups is 1. The highest BCUT2D eigenvalue weighted by Crippen LogP contribution is 2.21. The van der Waals surface area contributed by atoms with Crippen molar-refractivity contribution in [2.24, 2.45) is 0 Å². The van der Waals surface area contributed by atoms with Gasteiger partial charge < -0.3 is 14.5 Å². The van der Waals surface area contributed by atoms with Crippen molar-refractivity contribution in [3.05, 3.63) is 65.4 Å². The molecule has 3 aromatic rings. The minimum atomic E-state index is -0.137. The predicted octanol–water partition coefficient (Wildman–Crippen LogP) is 3.66. The molecule has 0 aliphatic carbocycles. The number of hydrogen-bond acceptors (Lipinski definition) is 4. The maximum Gasteiger partial charge on any atom is 0.255 e. The van der Waals surface area contributed by atoms with Gasteiger partial charge >= 0.3 is 0 Å². The molecule has 0 bridgehead atoms. The van der Waals surface area contributed by atoms with E-state index in [9.17, 15) is 4.79 Å². The molecule has 0 aliphatic rings. The van der Waals surface area contributed by atoms with E-state index in [1.807, 2.05) is 41.9 Å². The molecule has 0 saturated carbocycles. The Balaban J connectivity index is 1.90. The van der Waals surface area contributed by atoms with Crippen LogP contribution in [0.5, 0.6) is 5.75 Å². The molecule has 0 aliphatic heterocycles. The zero-order valence-electron chi connectivity index (χ0n) is 15.3. The zero-order valence-corrected chi connectivity index (χ0v) is 15.3. The molecular weight excluding hydrogens is 330 g/mol. The van der Waals surface area contributed by atoms with Crippen molar-refractivity contribution in [2.45, 2.75) is 33.2 Å². The highest BCUT2D eigenvalue weighted by Gasteiger charge is 2.21. The zero-order chi connectivity index (χ0) is 18.5. The SMILES string of the molecule is CCCc1nn(-c2ccc(OC)cc2)c(C)c1C(=O)NCc1ccco1. The molecule has 0 spiro atoms. The van der Waals surface area contributed by atoms with Gasteiger partial charge in [-0.05, 0) is 49.7 Å². The van der Waals surface area contributed by atoms with E-state index < -0.39 is 0 Å². The third-order valence-corrected chi connectivity index (χ3v) is 4.22. The highest BCUT2D eigenvalue weighted by atomic mass is 16.5. The molecule has 26 heavy (non-hydrogen) atoms. The first-order valence-electron chi connectivity index (χ1n) is 8.67. The summed E-state index contributed by atoms with van der Waals surface area (Å²) in [6, 6.07) is 11.3. The quantitative estimate of drug-likeness (QED) is 0.704. The number of rotatable bonds is 7. The first-order chi connectivity index (χ1) is 12.6. The molecule has 3 rings (SSSR count). The van der Waals surface area contributed by atoms with Crippen molar-refractivity contribution in [1.29, 1.82) is 0 Å². The summed E-state index contributed by atoms with van der Waals surface area (Å²) in [5.74, 6) is 1.36. The van der Waals surface area contributed by atoms with Gasteiger partial charge in [-0.1, -0.05) is 13.3 Å². The molecule has 6 heteroatoms. The minimum absolute atomic E-state index is 0.137. The summed E-state index contributed by atoms with van der Waals surface area (Å²) in [5.41, 5.74) is 3.15. The normalized spacial score (nSPS) is 10.7. The number of benzene rings is 1. The number of carbonyl (C=O) groups excluding carboxylic acids is 1. The second-order valence-corrected chi connectivity index (χ2v) is 6.03. The molecule has 2 aromatic heterocycles. The van der Waals surface area contributed by atoms with Gasteiger partial charge in [-0.15, -0.1) is 0 Å². The fourth-order valence-electron chi connectivity index (χ4n) is 2.91. The average Bonchev–Trinajstić information content (AvgIpc) is 3.28. The van der Waals surface area contributed by atoms with Crippen LogP contribution in [0.25, 0.3) is 5.69 Å². The number of ether oxygens (including phenoxy) is 1. The van der Waals surface area contributed by atoms with E-state index in [0.29, 0.717) is 12.1 Å². The molecule has 0 fully saturated rings. The number of aromatic nitrogens is 2. The molecule has 1 aromatic carbocycles. The molecule has 0 radical (unpaired) electrons. The largest absolute Gasteiger partial charge is 0.497 e. The molecule has 1 N–H and O–H groups in total. The van der Waals surface area contributed by atoms with Crippen LogP contribution < -0.4 is 10.1 Å². The molecule has 136 valence electrons. The van der Waals surface area contributed by atoms with Gasteiger partial charge in [0, 0.05) is 0 Å². The molecule has 0 unspecified atom stereocenters. The number of furan rings is 1. The van der Waals surface area contributed by atoms with E-state index in [1.54, 1.807) is 19.4 Å². The molecule has 2 heterocycles. The second-order valence-electron chi connectivity index (χ2n) is 6.03. The van der Waals surface area contributed by atoms with Crippen molar-refractivity contribution < 1.29 is 13.9 Å². The molecule has 1 amide bonds. The van der Waals surface area contributed by atoms with Crippen LogP contribution in [0.4, 0.5) is 0 Å². The van der Waals surface area contributed by atoms with E-state index in [1.165, 1.54) is 0 Å². The lowest BCUT2D eigenvalue weighted by molar-refractivity contribution is 0.0946. The molecule has 0 saturated heterocycles. The van der Waals surface area contributed by atoms with E-state index in [-0.39, 0.29) is 5.91 Å². The lowest BCUT2D eigenvalue weighted by atomic mass is 10.1. The Kier molecular flexibility index (Phi) is 5.41. The highest BCUT2D eigenvalue weighted by molar-refractivity contribution is 5.96. The van der Waals surface area contributed by atoms with Crippen LogP contribution in [0.1, 0.15) is 40.9 Å². The number of amides is 1. The smallest absolute Gasteiger partial charge is 0.255 e. The third kappa shape index (κ3) is 3.64. The topological polar surface area (TPSA) is 69.3 Å². The summed E-state index contributed by atoms with van der Waals surface area (Å²) >= 11 is 0. The Hall–Kier alpha value is -3.02. The Bertz CT molecular complexity index is 865. The number of hydrogen-bond donors (Lipinski definition) is 1. The number of nitrogens with one attached hydrogen (secondary N) is 1. The fourth-order valence-corrected chi connectivity index (χ4v) is 2.91. The standard InChI is InChI=1S/C20H23N3O3/c1-4-6-18-19(20(24)21-13-17-7-5-12-26-17)14(2)23(22-18)15-8-10-16(25-3)11-9-15/h5,7-12H,4,6,13H2,1-3H3,(H,21,24). The Morgan fingerprint density at radius 1 is 1.27 bits per heavy atom. The van der Waals surface area contributed by atoms with Gasteiger partial charge in [0.2, 0.25) is 0 Å². The van der Waals surface area contributed by atoms with E-state index in [0.717, 1.165) is 41.4 Å². The third-order valence-electron chi connectivity index (χ3n) is 4.22. The van der Waals surface area contributed by atoms with Crippen LogP contribution in [0.2, 0.25) is 0 Å². The maximum absolute atomic E-state index is 12.8. The Morgan fingerprint density at radius 3 is 2.65 bits per heavy atom. The summed E-state index contributed by atoms with van der Waals surface area (Å²) in [6.07, 6.45) is 3.25. The lowest BCUT2D eigenvalue weighted by Crippen LogP contribution is -2.24. The van der Waals surface area contributed by atoms with Crippen LogP contribution >= 0.6 is 0 Å². The van der Waals surface area contributed by atoms with Crippen molar-refractivity contribution in [3.8, 4) is 11.4 Å². The minimum Gasteiger partial charge on any atom is -0.497 e. The van der Waals surface area contributed by atoms with Crippen LogP contribution in [0, 0.1) is 6.92 Å². The van der Waals surface area contributed by atoms with Gasteiger partial charge in [0.25, 0.3) is 5.91 Å². The summed E-state index contributed by atoms with van der Waals surface area (Å²) in [4.78, 5) is 12.8. The Labute approximate surface area is 152 Å². The summed E-state index contributed by atoms with van der Waals surface area (Å²) < 4.78 is 12.3. The van der Waals surface area contributed by atoms with Crippen molar-refractivity contribution >= 4 is 5.91 Å². The van der Waals surface area contributed by atoms with E-state index in [2.05, 4.69) is 17.3 Å². The number of nitrogens with zero attached hydrogens (tertiary/aromatic N) is 2. The number of methoxy groups -OCH3 is 1. The van der Waals surface area contributed by atoms with Gasteiger partial charge in [-0.25, -0.2) is 4.68 Å². The monoisotopic (exact) mass is 353 g/mol. The van der Waals surface area contributed by atoms with E-state index >= 15 is 0 Å². The van der Waals surface area contributed by atoms with Crippen LogP contribution in [-0.2, 0) is 13.0 Å². The second kappa shape index (κ2) is 7.91. The predicted molar refractivity (Wildman–Crippen MR) is 98.7 cm³/mol. The van der Waals surface area contributed by atoms with Crippen LogP contribution in [0.15, 0.2) is 47.1 Å². The van der Waals surface area contributed by atoms with Crippen LogP contribution in [-0.4, -0.2) is 22.8 Å².